The fourth-order valence-electron chi connectivity index (χ4n) is 5.75. The third-order valence-corrected chi connectivity index (χ3v) is 7.83. The molecule has 38 heavy (non-hydrogen) atoms. The summed E-state index contributed by atoms with van der Waals surface area (Å²) in [5.41, 5.74) is 1.48. The van der Waals surface area contributed by atoms with Crippen molar-refractivity contribution in [1.29, 1.82) is 0 Å². The number of rotatable bonds is 3. The van der Waals surface area contributed by atoms with E-state index in [-0.39, 0.29) is 24.0 Å². The number of hydrogen-bond acceptors (Lipinski definition) is 5. The monoisotopic (exact) mass is 519 g/mol. The molecule has 3 aromatic rings. The molecule has 1 N–H and O–H groups in total. The molecule has 3 aliphatic heterocycles. The third kappa shape index (κ3) is 3.66. The summed E-state index contributed by atoms with van der Waals surface area (Å²) < 4.78 is 58.0. The molecular weight excluding hydrogens is 490 g/mol. The molecule has 4 aliphatic rings. The molecule has 1 saturated carbocycles. The van der Waals surface area contributed by atoms with Crippen molar-refractivity contribution < 1.29 is 27.5 Å². The Labute approximate surface area is 221 Å². The molecule has 2 atom stereocenters. The number of benzene rings is 2. The average molecular weight is 520 g/mol. The fourth-order valence-corrected chi connectivity index (χ4v) is 5.75. The molecule has 0 spiro atoms. The minimum absolute atomic E-state index is 0.0189. The van der Waals surface area contributed by atoms with Gasteiger partial charge in [-0.15, -0.1) is 0 Å². The van der Waals surface area contributed by atoms with Gasteiger partial charge in [0.2, 0.25) is 0 Å². The molecule has 194 valence electrons. The summed E-state index contributed by atoms with van der Waals surface area (Å²) in [6, 6.07) is 9.60. The first-order valence-electron chi connectivity index (χ1n) is 14.2. The minimum Gasteiger partial charge on any atom is -0.434 e. The SMILES string of the molecule is [2H]C([2H])([2H])N1C=c2cccc(OC(F)F)c2=C2C[C@@H]1c1nc3ccc(C#CC4CCN(C(=O)C5(O)CC5)C4)cc3n12. The van der Waals surface area contributed by atoms with Gasteiger partial charge < -0.3 is 19.6 Å². The van der Waals surface area contributed by atoms with Gasteiger partial charge in [0.25, 0.3) is 5.91 Å². The fraction of sp³-hybridized carbons (Fsp3) is 0.379. The van der Waals surface area contributed by atoms with Crippen LogP contribution in [0.5, 0.6) is 5.75 Å². The molecule has 1 aromatic heterocycles. The van der Waals surface area contributed by atoms with Crippen molar-refractivity contribution in [1.82, 2.24) is 19.4 Å². The molecule has 1 unspecified atom stereocenters. The van der Waals surface area contributed by atoms with Crippen molar-refractivity contribution in [2.24, 2.45) is 5.92 Å². The Kier molecular flexibility index (Phi) is 4.39. The van der Waals surface area contributed by atoms with Gasteiger partial charge >= 0.3 is 6.61 Å². The lowest BCUT2D eigenvalue weighted by Gasteiger charge is -2.20. The maximum absolute atomic E-state index is 13.4. The first-order valence-corrected chi connectivity index (χ1v) is 12.7. The van der Waals surface area contributed by atoms with E-state index in [1.165, 1.54) is 17.2 Å². The lowest BCUT2D eigenvalue weighted by Crippen LogP contribution is -2.39. The highest BCUT2D eigenvalue weighted by atomic mass is 19.3. The second kappa shape index (κ2) is 8.30. The van der Waals surface area contributed by atoms with Crippen LogP contribution in [-0.4, -0.2) is 62.6 Å². The molecule has 7 nitrogen and oxygen atoms in total. The zero-order chi connectivity index (χ0) is 28.7. The number of aliphatic hydroxyl groups is 1. The Hall–Kier alpha value is -3.90. The number of carbonyl (C=O) groups is 1. The van der Waals surface area contributed by atoms with Gasteiger partial charge in [-0.25, -0.2) is 4.98 Å². The van der Waals surface area contributed by atoms with E-state index in [1.807, 2.05) is 22.8 Å². The van der Waals surface area contributed by atoms with Crippen molar-refractivity contribution in [2.45, 2.75) is 43.9 Å². The Morgan fingerprint density at radius 1 is 1.32 bits per heavy atom. The van der Waals surface area contributed by atoms with Gasteiger partial charge in [-0.1, -0.05) is 24.0 Å². The number of fused-ring (bicyclic) bond motifs is 8. The molecule has 7 rings (SSSR count). The first-order chi connectivity index (χ1) is 19.5. The van der Waals surface area contributed by atoms with Crippen LogP contribution in [0.1, 0.15) is 47.2 Å². The van der Waals surface area contributed by atoms with Crippen LogP contribution in [0.2, 0.25) is 0 Å². The number of ether oxygens (including phenoxy) is 1. The maximum atomic E-state index is 13.4. The van der Waals surface area contributed by atoms with Crippen LogP contribution >= 0.6 is 0 Å². The number of aromatic nitrogens is 2. The largest absolute Gasteiger partial charge is 0.434 e. The van der Waals surface area contributed by atoms with Gasteiger partial charge in [-0.3, -0.25) is 9.36 Å². The number of halogens is 2. The predicted octanol–water partition coefficient (Wildman–Crippen LogP) is 2.15. The highest BCUT2D eigenvalue weighted by Crippen LogP contribution is 2.40. The van der Waals surface area contributed by atoms with Crippen LogP contribution in [0.3, 0.4) is 0 Å². The molecule has 1 saturated heterocycles. The summed E-state index contributed by atoms with van der Waals surface area (Å²) in [5, 5.41) is 11.0. The zero-order valence-corrected chi connectivity index (χ0v) is 20.3. The van der Waals surface area contributed by atoms with Gasteiger partial charge in [0.15, 0.2) is 0 Å². The first kappa shape index (κ1) is 20.1. The smallest absolute Gasteiger partial charge is 0.387 e. The summed E-state index contributed by atoms with van der Waals surface area (Å²) >= 11 is 0. The van der Waals surface area contributed by atoms with E-state index in [9.17, 15) is 18.7 Å². The third-order valence-electron chi connectivity index (χ3n) is 7.83. The van der Waals surface area contributed by atoms with E-state index in [4.69, 9.17) is 13.8 Å². The molecule has 0 radical (unpaired) electrons. The van der Waals surface area contributed by atoms with Crippen LogP contribution in [0.25, 0.3) is 22.9 Å². The topological polar surface area (TPSA) is 70.8 Å². The second-order valence-corrected chi connectivity index (χ2v) is 10.3. The molecule has 1 amide bonds. The number of likely N-dealkylation sites (tertiary alicyclic amines) is 1. The standard InChI is InChI=1S/C29H26F2N4O3/c1-33-16-19-3-2-4-24(38-28(30)31)25(19)22-14-23(33)26-32-20-8-7-17(13-21(20)35(22)26)5-6-18-9-12-34(15-18)27(36)29(37)10-11-29/h2-4,7-8,13,16,18,23,28,37H,9-12,14-15H2,1H3/t18?,23-/m1/s1/i1D3. The molecular formula is C29H26F2N4O3. The van der Waals surface area contributed by atoms with Gasteiger partial charge in [0.1, 0.15) is 17.2 Å². The normalized spacial score (nSPS) is 24.0. The van der Waals surface area contributed by atoms with Crippen molar-refractivity contribution in [3.63, 3.8) is 0 Å². The summed E-state index contributed by atoms with van der Waals surface area (Å²) in [6.07, 6.45) is 3.48. The van der Waals surface area contributed by atoms with E-state index in [2.05, 4.69) is 11.8 Å². The minimum atomic E-state index is -3.05. The van der Waals surface area contributed by atoms with E-state index < -0.39 is 25.2 Å². The van der Waals surface area contributed by atoms with Crippen molar-refractivity contribution in [2.75, 3.05) is 20.1 Å². The van der Waals surface area contributed by atoms with Gasteiger partial charge in [0, 0.05) is 64.4 Å². The van der Waals surface area contributed by atoms with Gasteiger partial charge in [0.05, 0.1) is 17.1 Å². The van der Waals surface area contributed by atoms with Gasteiger partial charge in [-0.05, 0) is 43.5 Å². The number of nitrogens with zero attached hydrogens (tertiary/aromatic N) is 4. The molecule has 4 heterocycles. The van der Waals surface area contributed by atoms with Crippen molar-refractivity contribution in [3.8, 4) is 17.6 Å². The van der Waals surface area contributed by atoms with Crippen LogP contribution < -0.4 is 15.2 Å². The zero-order valence-electron chi connectivity index (χ0n) is 23.3. The maximum Gasteiger partial charge on any atom is 0.387 e. The van der Waals surface area contributed by atoms with Crippen molar-refractivity contribution >= 4 is 28.8 Å². The Bertz CT molecular complexity index is 1790. The Morgan fingerprint density at radius 2 is 2.18 bits per heavy atom. The molecule has 2 aromatic carbocycles. The van der Waals surface area contributed by atoms with Crippen LogP contribution in [0.15, 0.2) is 36.4 Å². The van der Waals surface area contributed by atoms with Crippen LogP contribution in [0.4, 0.5) is 8.78 Å². The summed E-state index contributed by atoms with van der Waals surface area (Å²) in [6.45, 7) is -4.50. The molecule has 1 aliphatic carbocycles. The quantitative estimate of drug-likeness (QED) is 0.537. The molecule has 2 bridgehead atoms. The number of carbonyl (C=O) groups excluding carboxylic acids is 1. The molecule has 2 fully saturated rings. The highest BCUT2D eigenvalue weighted by Gasteiger charge is 2.51. The number of hydrogen-bond donors (Lipinski definition) is 1. The number of alkyl halides is 2. The summed E-state index contributed by atoms with van der Waals surface area (Å²) in [5.74, 6) is 6.71. The summed E-state index contributed by atoms with van der Waals surface area (Å²) in [7, 11) is 0. The Morgan fingerprint density at radius 3 is 2.97 bits per heavy atom. The van der Waals surface area contributed by atoms with E-state index in [0.29, 0.717) is 64.5 Å². The predicted molar refractivity (Wildman–Crippen MR) is 136 cm³/mol. The summed E-state index contributed by atoms with van der Waals surface area (Å²) in [4.78, 5) is 20.2. The second-order valence-electron chi connectivity index (χ2n) is 10.3. The van der Waals surface area contributed by atoms with Gasteiger partial charge in [-0.2, -0.15) is 8.78 Å². The highest BCUT2D eigenvalue weighted by molar-refractivity contribution is 5.88. The van der Waals surface area contributed by atoms with E-state index in [1.54, 1.807) is 17.0 Å². The van der Waals surface area contributed by atoms with Crippen molar-refractivity contribution in [3.05, 3.63) is 58.2 Å². The number of imidazole rings is 1. The van der Waals surface area contributed by atoms with Crippen LogP contribution in [-0.2, 0) is 4.79 Å². The van der Waals surface area contributed by atoms with E-state index in [0.717, 1.165) is 6.42 Å². The Balaban J connectivity index is 1.31. The average Bonchev–Trinajstić information content (AvgIpc) is 3.23. The van der Waals surface area contributed by atoms with Crippen LogP contribution in [0, 0.1) is 17.8 Å². The molecule has 9 heteroatoms. The lowest BCUT2D eigenvalue weighted by atomic mass is 10.1. The lowest BCUT2D eigenvalue weighted by molar-refractivity contribution is -0.141. The number of amides is 1. The van der Waals surface area contributed by atoms with E-state index >= 15 is 0 Å².